The Kier molecular flexibility index (Phi) is 5.41. The van der Waals surface area contributed by atoms with E-state index in [2.05, 4.69) is 55.4 Å². The van der Waals surface area contributed by atoms with E-state index in [0.29, 0.717) is 36.5 Å². The zero-order valence-electron chi connectivity index (χ0n) is 11.4. The minimum Gasteiger partial charge on any atom is -0.407 e. The third kappa shape index (κ3) is 4.73. The normalized spacial score (nSPS) is 14.9. The molecule has 2 unspecified atom stereocenters. The van der Waals surface area contributed by atoms with E-state index < -0.39 is 0 Å². The SMILES string of the molecule is CCC(C)C(C)Nc1nnc(CNC(C)C)o1. The fourth-order valence-corrected chi connectivity index (χ4v) is 1.37. The molecular weight excluding hydrogens is 216 g/mol. The van der Waals surface area contributed by atoms with Crippen molar-refractivity contribution in [1.29, 1.82) is 0 Å². The molecule has 5 nitrogen and oxygen atoms in total. The molecule has 0 saturated heterocycles. The first-order valence-corrected chi connectivity index (χ1v) is 6.35. The van der Waals surface area contributed by atoms with Gasteiger partial charge in [-0.25, -0.2) is 0 Å². The highest BCUT2D eigenvalue weighted by Gasteiger charge is 2.13. The fraction of sp³-hybridized carbons (Fsp3) is 0.833. The summed E-state index contributed by atoms with van der Waals surface area (Å²) in [5, 5.41) is 14.4. The average molecular weight is 240 g/mol. The van der Waals surface area contributed by atoms with Gasteiger partial charge in [-0.2, -0.15) is 0 Å². The van der Waals surface area contributed by atoms with E-state index in [4.69, 9.17) is 4.42 Å². The van der Waals surface area contributed by atoms with Crippen LogP contribution in [0.15, 0.2) is 4.42 Å². The van der Waals surface area contributed by atoms with Crippen molar-refractivity contribution in [3.8, 4) is 0 Å². The number of anilines is 1. The number of hydrogen-bond donors (Lipinski definition) is 2. The van der Waals surface area contributed by atoms with Gasteiger partial charge in [0.25, 0.3) is 0 Å². The van der Waals surface area contributed by atoms with E-state index in [1.807, 2.05) is 0 Å². The third-order valence-corrected chi connectivity index (χ3v) is 2.98. The van der Waals surface area contributed by atoms with Crippen molar-refractivity contribution in [2.45, 2.75) is 59.7 Å². The lowest BCUT2D eigenvalue weighted by atomic mass is 10.0. The summed E-state index contributed by atoms with van der Waals surface area (Å²) in [6, 6.07) is 1.27. The van der Waals surface area contributed by atoms with Crippen molar-refractivity contribution < 1.29 is 4.42 Å². The van der Waals surface area contributed by atoms with E-state index in [9.17, 15) is 0 Å². The van der Waals surface area contributed by atoms with Crippen LogP contribution in [0.1, 0.15) is 46.9 Å². The molecule has 0 aliphatic rings. The zero-order chi connectivity index (χ0) is 12.8. The highest BCUT2D eigenvalue weighted by Crippen LogP contribution is 2.13. The van der Waals surface area contributed by atoms with Gasteiger partial charge in [-0.1, -0.05) is 39.2 Å². The summed E-state index contributed by atoms with van der Waals surface area (Å²) in [4.78, 5) is 0. The highest BCUT2D eigenvalue weighted by atomic mass is 16.4. The second-order valence-corrected chi connectivity index (χ2v) is 4.86. The first kappa shape index (κ1) is 14.0. The first-order valence-electron chi connectivity index (χ1n) is 6.35. The summed E-state index contributed by atoms with van der Waals surface area (Å²) in [7, 11) is 0. The molecule has 0 amide bonds. The number of hydrogen-bond acceptors (Lipinski definition) is 5. The summed E-state index contributed by atoms with van der Waals surface area (Å²) in [6.45, 7) is 11.3. The molecule has 0 bridgehead atoms. The number of rotatable bonds is 7. The average Bonchev–Trinajstić information content (AvgIpc) is 2.73. The zero-order valence-corrected chi connectivity index (χ0v) is 11.4. The predicted octanol–water partition coefficient (Wildman–Crippen LogP) is 2.41. The van der Waals surface area contributed by atoms with Gasteiger partial charge in [0, 0.05) is 12.1 Å². The Balaban J connectivity index is 2.45. The van der Waals surface area contributed by atoms with Gasteiger partial charge < -0.3 is 15.1 Å². The van der Waals surface area contributed by atoms with E-state index in [1.54, 1.807) is 0 Å². The maximum Gasteiger partial charge on any atom is 0.315 e. The molecule has 1 rings (SSSR count). The van der Waals surface area contributed by atoms with Crippen LogP contribution in [0.4, 0.5) is 6.01 Å². The lowest BCUT2D eigenvalue weighted by Gasteiger charge is -2.17. The van der Waals surface area contributed by atoms with Crippen LogP contribution in [0.2, 0.25) is 0 Å². The molecule has 17 heavy (non-hydrogen) atoms. The van der Waals surface area contributed by atoms with Crippen LogP contribution in [0, 0.1) is 5.92 Å². The minimum atomic E-state index is 0.339. The Labute approximate surface area is 103 Å². The Bertz CT molecular complexity index is 324. The summed E-state index contributed by atoms with van der Waals surface area (Å²) in [5.74, 6) is 1.21. The molecule has 0 spiro atoms. The Morgan fingerprint density at radius 3 is 2.47 bits per heavy atom. The number of nitrogens with zero attached hydrogens (tertiary/aromatic N) is 2. The molecule has 2 atom stereocenters. The van der Waals surface area contributed by atoms with E-state index in [1.165, 1.54) is 0 Å². The third-order valence-electron chi connectivity index (χ3n) is 2.98. The molecule has 0 aliphatic carbocycles. The molecule has 0 radical (unpaired) electrons. The van der Waals surface area contributed by atoms with Crippen LogP contribution in [0.5, 0.6) is 0 Å². The summed E-state index contributed by atoms with van der Waals surface area (Å²) < 4.78 is 5.50. The van der Waals surface area contributed by atoms with Crippen LogP contribution in [-0.2, 0) is 6.54 Å². The van der Waals surface area contributed by atoms with Crippen molar-refractivity contribution in [2.75, 3.05) is 5.32 Å². The van der Waals surface area contributed by atoms with Crippen molar-refractivity contribution in [3.05, 3.63) is 5.89 Å². The van der Waals surface area contributed by atoms with Gasteiger partial charge in [-0.15, -0.1) is 5.10 Å². The minimum absolute atomic E-state index is 0.339. The van der Waals surface area contributed by atoms with Gasteiger partial charge in [0.05, 0.1) is 6.54 Å². The largest absolute Gasteiger partial charge is 0.407 e. The second-order valence-electron chi connectivity index (χ2n) is 4.86. The molecule has 1 heterocycles. The Hall–Kier alpha value is -1.10. The van der Waals surface area contributed by atoms with E-state index >= 15 is 0 Å². The molecule has 5 heteroatoms. The van der Waals surface area contributed by atoms with Crippen LogP contribution in [-0.4, -0.2) is 22.3 Å². The molecule has 1 aromatic rings. The van der Waals surface area contributed by atoms with Crippen LogP contribution in [0.3, 0.4) is 0 Å². The van der Waals surface area contributed by atoms with Gasteiger partial charge in [0.1, 0.15) is 0 Å². The lowest BCUT2D eigenvalue weighted by Crippen LogP contribution is -2.23. The smallest absolute Gasteiger partial charge is 0.315 e. The topological polar surface area (TPSA) is 63.0 Å². The van der Waals surface area contributed by atoms with E-state index in [0.717, 1.165) is 6.42 Å². The van der Waals surface area contributed by atoms with Crippen molar-refractivity contribution in [2.24, 2.45) is 5.92 Å². The van der Waals surface area contributed by atoms with Crippen LogP contribution in [0.25, 0.3) is 0 Å². The van der Waals surface area contributed by atoms with Gasteiger partial charge in [0.2, 0.25) is 5.89 Å². The number of nitrogens with one attached hydrogen (secondary N) is 2. The monoisotopic (exact) mass is 240 g/mol. The molecule has 98 valence electrons. The fourth-order valence-electron chi connectivity index (χ4n) is 1.37. The molecule has 0 saturated carbocycles. The van der Waals surface area contributed by atoms with Gasteiger partial charge in [-0.05, 0) is 12.8 Å². The maximum absolute atomic E-state index is 5.50. The number of aromatic nitrogens is 2. The summed E-state index contributed by atoms with van der Waals surface area (Å²) >= 11 is 0. The van der Waals surface area contributed by atoms with Crippen molar-refractivity contribution in [3.63, 3.8) is 0 Å². The Morgan fingerprint density at radius 1 is 1.18 bits per heavy atom. The Morgan fingerprint density at radius 2 is 1.88 bits per heavy atom. The molecule has 1 aromatic heterocycles. The highest BCUT2D eigenvalue weighted by molar-refractivity contribution is 5.19. The van der Waals surface area contributed by atoms with Crippen LogP contribution < -0.4 is 10.6 Å². The molecular formula is C12H24N4O. The molecule has 0 fully saturated rings. The molecule has 2 N–H and O–H groups in total. The molecule has 0 aromatic carbocycles. The van der Waals surface area contributed by atoms with Crippen LogP contribution >= 0.6 is 0 Å². The molecule has 0 aliphatic heterocycles. The van der Waals surface area contributed by atoms with E-state index in [-0.39, 0.29) is 0 Å². The van der Waals surface area contributed by atoms with Crippen molar-refractivity contribution >= 4 is 6.01 Å². The van der Waals surface area contributed by atoms with Gasteiger partial charge >= 0.3 is 6.01 Å². The van der Waals surface area contributed by atoms with Gasteiger partial charge in [-0.3, -0.25) is 0 Å². The predicted molar refractivity (Wildman–Crippen MR) is 68.8 cm³/mol. The summed E-state index contributed by atoms with van der Waals surface area (Å²) in [5.41, 5.74) is 0. The standard InChI is InChI=1S/C12H24N4O/c1-6-9(4)10(5)14-12-16-15-11(17-12)7-13-8(2)3/h8-10,13H,6-7H2,1-5H3,(H,14,16). The second kappa shape index (κ2) is 6.59. The van der Waals surface area contributed by atoms with Crippen molar-refractivity contribution in [1.82, 2.24) is 15.5 Å². The summed E-state index contributed by atoms with van der Waals surface area (Å²) in [6.07, 6.45) is 1.13. The quantitative estimate of drug-likeness (QED) is 0.766. The maximum atomic E-state index is 5.50. The van der Waals surface area contributed by atoms with Gasteiger partial charge in [0.15, 0.2) is 0 Å². The first-order chi connectivity index (χ1) is 8.02. The lowest BCUT2D eigenvalue weighted by molar-refractivity contribution is 0.440.